The molecule has 41 heavy (non-hydrogen) atoms. The summed E-state index contributed by atoms with van der Waals surface area (Å²) in [6.07, 6.45) is 5.61. The third-order valence-corrected chi connectivity index (χ3v) is 9.00. The molecule has 0 unspecified atom stereocenters. The van der Waals surface area contributed by atoms with E-state index in [9.17, 15) is 22.0 Å². The molecule has 2 saturated carbocycles. The zero-order valence-corrected chi connectivity index (χ0v) is 23.6. The highest BCUT2D eigenvalue weighted by Crippen LogP contribution is 2.42. The van der Waals surface area contributed by atoms with Gasteiger partial charge in [-0.2, -0.15) is 13.2 Å². The van der Waals surface area contributed by atoms with Crippen molar-refractivity contribution in [3.63, 3.8) is 0 Å². The summed E-state index contributed by atoms with van der Waals surface area (Å²) in [6, 6.07) is 10.5. The molecule has 4 rings (SSSR count). The van der Waals surface area contributed by atoms with Crippen LogP contribution in [0.1, 0.15) is 118 Å². The smallest absolute Gasteiger partial charge is 0.212 e. The average Bonchev–Trinajstić information content (AvgIpc) is 2.96. The molecule has 0 atom stereocenters. The Labute approximate surface area is 238 Å². The van der Waals surface area contributed by atoms with Crippen LogP contribution in [-0.2, 0) is 0 Å². The highest BCUT2D eigenvalue weighted by Gasteiger charge is 2.31. The first-order chi connectivity index (χ1) is 19.6. The van der Waals surface area contributed by atoms with Crippen LogP contribution in [0.5, 0.6) is 0 Å². The molecule has 0 spiro atoms. The SMILES string of the molecule is CCCCCC1CCC(c2ccc(/C(F)=C(\F)c3ccc(C4CCC(/C(F)=C/C(F)(F)F)CC4)c(F)c3)cc2)CC1. The van der Waals surface area contributed by atoms with Crippen LogP contribution in [0.15, 0.2) is 54.4 Å². The van der Waals surface area contributed by atoms with Gasteiger partial charge in [-0.1, -0.05) is 69.0 Å². The summed E-state index contributed by atoms with van der Waals surface area (Å²) in [5.41, 5.74) is 1.29. The Morgan fingerprint density at radius 3 is 1.93 bits per heavy atom. The van der Waals surface area contributed by atoms with Gasteiger partial charge in [0.1, 0.15) is 11.6 Å². The van der Waals surface area contributed by atoms with Gasteiger partial charge in [0.2, 0.25) is 0 Å². The van der Waals surface area contributed by atoms with E-state index in [0.29, 0.717) is 18.8 Å². The number of hydrogen-bond acceptors (Lipinski definition) is 0. The average molecular weight is 581 g/mol. The molecule has 0 N–H and O–H groups in total. The Kier molecular flexibility index (Phi) is 10.8. The normalized spacial score (nSPS) is 24.7. The second-order valence-corrected chi connectivity index (χ2v) is 11.8. The van der Waals surface area contributed by atoms with E-state index >= 15 is 8.78 Å². The van der Waals surface area contributed by atoms with Crippen molar-refractivity contribution < 1.29 is 30.7 Å². The fourth-order valence-electron chi connectivity index (χ4n) is 6.57. The summed E-state index contributed by atoms with van der Waals surface area (Å²) in [4.78, 5) is 0. The second-order valence-electron chi connectivity index (χ2n) is 11.8. The number of rotatable bonds is 9. The lowest BCUT2D eigenvalue weighted by Gasteiger charge is -2.29. The van der Waals surface area contributed by atoms with Gasteiger partial charge in [0.15, 0.2) is 11.7 Å². The Bertz CT molecular complexity index is 1190. The number of hydrogen-bond donors (Lipinski definition) is 0. The number of alkyl halides is 3. The van der Waals surface area contributed by atoms with Crippen molar-refractivity contribution in [2.45, 2.75) is 102 Å². The second kappa shape index (κ2) is 14.1. The van der Waals surface area contributed by atoms with E-state index < -0.39 is 35.4 Å². The fourth-order valence-corrected chi connectivity index (χ4v) is 6.57. The van der Waals surface area contributed by atoms with Crippen LogP contribution in [0, 0.1) is 17.7 Å². The molecule has 0 aliphatic heterocycles. The van der Waals surface area contributed by atoms with Gasteiger partial charge in [-0.15, -0.1) is 0 Å². The number of halogens is 7. The first-order valence-corrected chi connectivity index (χ1v) is 15.0. The van der Waals surface area contributed by atoms with Gasteiger partial charge in [-0.25, -0.2) is 17.6 Å². The summed E-state index contributed by atoms with van der Waals surface area (Å²) in [5.74, 6) is -4.08. The molecule has 0 amide bonds. The highest BCUT2D eigenvalue weighted by atomic mass is 19.4. The van der Waals surface area contributed by atoms with Crippen LogP contribution in [0.3, 0.4) is 0 Å². The molecule has 2 fully saturated rings. The van der Waals surface area contributed by atoms with Gasteiger partial charge in [-0.05, 0) is 86.3 Å². The van der Waals surface area contributed by atoms with Gasteiger partial charge in [0.05, 0.1) is 6.08 Å². The van der Waals surface area contributed by atoms with E-state index in [2.05, 4.69) is 6.92 Å². The summed E-state index contributed by atoms with van der Waals surface area (Å²) in [5, 5.41) is 0. The topological polar surface area (TPSA) is 0 Å². The Morgan fingerprint density at radius 1 is 0.756 bits per heavy atom. The third-order valence-electron chi connectivity index (χ3n) is 9.00. The minimum atomic E-state index is -4.72. The van der Waals surface area contributed by atoms with E-state index in [-0.39, 0.29) is 41.5 Å². The summed E-state index contributed by atoms with van der Waals surface area (Å²) >= 11 is 0. The number of unbranched alkanes of at least 4 members (excludes halogenated alkanes) is 2. The number of allylic oxidation sites excluding steroid dienone is 2. The molecule has 2 aromatic rings. The highest BCUT2D eigenvalue weighted by molar-refractivity contribution is 5.83. The quantitative estimate of drug-likeness (QED) is 0.157. The van der Waals surface area contributed by atoms with Crippen LogP contribution in [-0.4, -0.2) is 6.18 Å². The molecule has 7 heteroatoms. The van der Waals surface area contributed by atoms with Crippen molar-refractivity contribution in [2.75, 3.05) is 0 Å². The van der Waals surface area contributed by atoms with E-state index in [1.807, 2.05) is 12.1 Å². The van der Waals surface area contributed by atoms with Crippen molar-refractivity contribution in [3.8, 4) is 0 Å². The van der Waals surface area contributed by atoms with Crippen LogP contribution >= 0.6 is 0 Å². The summed E-state index contributed by atoms with van der Waals surface area (Å²) in [6.45, 7) is 2.21. The van der Waals surface area contributed by atoms with E-state index in [0.717, 1.165) is 30.4 Å². The van der Waals surface area contributed by atoms with Crippen LogP contribution in [0.25, 0.3) is 11.7 Å². The fraction of sp³-hybridized carbons (Fsp3) is 0.529. The van der Waals surface area contributed by atoms with Gasteiger partial charge in [0.25, 0.3) is 0 Å². The van der Waals surface area contributed by atoms with Crippen molar-refractivity contribution in [3.05, 3.63) is 82.4 Å². The Hall–Kier alpha value is -2.57. The predicted octanol–water partition coefficient (Wildman–Crippen LogP) is 12.1. The minimum Gasteiger partial charge on any atom is -0.212 e. The summed E-state index contributed by atoms with van der Waals surface area (Å²) < 4.78 is 96.4. The number of benzene rings is 2. The monoisotopic (exact) mass is 580 g/mol. The van der Waals surface area contributed by atoms with Crippen molar-refractivity contribution in [1.82, 2.24) is 0 Å². The largest absolute Gasteiger partial charge is 0.412 e. The van der Waals surface area contributed by atoms with E-state index in [1.165, 1.54) is 50.7 Å². The summed E-state index contributed by atoms with van der Waals surface area (Å²) in [7, 11) is 0. The van der Waals surface area contributed by atoms with Crippen molar-refractivity contribution >= 4 is 11.7 Å². The third kappa shape index (κ3) is 8.48. The maximum atomic E-state index is 15.1. The Balaban J connectivity index is 1.37. The zero-order chi connectivity index (χ0) is 29.6. The molecular formula is C34H39F7. The standard InChI is InChI=1S/C34H39F7/c1-2-3-4-5-22-6-8-23(9-7-22)24-10-16-27(17-11-24)32(37)33(38)28-18-19-29(30(35)20-28)25-12-14-26(15-13-25)31(36)21-34(39,40)41/h10-11,16-23,25-26H,2-9,12-15H2,1H3/b31-21-,33-32+. The molecule has 0 bridgehead atoms. The maximum Gasteiger partial charge on any atom is 0.412 e. The van der Waals surface area contributed by atoms with Crippen molar-refractivity contribution in [1.29, 1.82) is 0 Å². The van der Waals surface area contributed by atoms with Gasteiger partial charge < -0.3 is 0 Å². The molecule has 0 aromatic heterocycles. The molecule has 0 nitrogen and oxygen atoms in total. The first-order valence-electron chi connectivity index (χ1n) is 15.0. The van der Waals surface area contributed by atoms with E-state index in [1.54, 1.807) is 12.1 Å². The predicted molar refractivity (Wildman–Crippen MR) is 151 cm³/mol. The maximum absolute atomic E-state index is 15.1. The van der Waals surface area contributed by atoms with Gasteiger partial charge >= 0.3 is 6.18 Å². The molecule has 0 saturated heterocycles. The van der Waals surface area contributed by atoms with Crippen LogP contribution < -0.4 is 0 Å². The van der Waals surface area contributed by atoms with Crippen LogP contribution in [0.2, 0.25) is 0 Å². The first kappa shape index (κ1) is 31.4. The molecular weight excluding hydrogens is 541 g/mol. The van der Waals surface area contributed by atoms with E-state index in [4.69, 9.17) is 0 Å². The molecule has 2 aliphatic rings. The molecule has 0 radical (unpaired) electrons. The zero-order valence-electron chi connectivity index (χ0n) is 23.6. The molecule has 0 heterocycles. The van der Waals surface area contributed by atoms with Gasteiger partial charge in [0, 0.05) is 17.0 Å². The van der Waals surface area contributed by atoms with Crippen LogP contribution in [0.4, 0.5) is 30.7 Å². The van der Waals surface area contributed by atoms with Crippen molar-refractivity contribution in [2.24, 2.45) is 11.8 Å². The lowest BCUT2D eigenvalue weighted by atomic mass is 9.77. The minimum absolute atomic E-state index is 0.0937. The lowest BCUT2D eigenvalue weighted by molar-refractivity contribution is -0.0820. The molecule has 224 valence electrons. The molecule has 2 aliphatic carbocycles. The Morgan fingerprint density at radius 2 is 1.34 bits per heavy atom. The van der Waals surface area contributed by atoms with Gasteiger partial charge in [-0.3, -0.25) is 0 Å². The lowest BCUT2D eigenvalue weighted by Crippen LogP contribution is -2.16. The molecule has 2 aromatic carbocycles.